The summed E-state index contributed by atoms with van der Waals surface area (Å²) in [6.45, 7) is 4.56. The second-order valence-corrected chi connectivity index (χ2v) is 7.77. The van der Waals surface area contributed by atoms with E-state index in [0.29, 0.717) is 5.41 Å². The molecule has 1 spiro atoms. The Bertz CT molecular complexity index is 381. The summed E-state index contributed by atoms with van der Waals surface area (Å²) in [4.78, 5) is 9.57. The maximum atomic E-state index is 4.53. The van der Waals surface area contributed by atoms with Crippen LogP contribution in [-0.4, -0.2) is 62.1 Å². The van der Waals surface area contributed by atoms with Gasteiger partial charge in [-0.25, -0.2) is 0 Å². The molecule has 0 aromatic rings. The molecule has 0 unspecified atom stereocenters. The van der Waals surface area contributed by atoms with Gasteiger partial charge in [0.2, 0.25) is 0 Å². The normalized spacial score (nSPS) is 25.8. The van der Waals surface area contributed by atoms with Gasteiger partial charge in [0.15, 0.2) is 5.96 Å². The average molecular weight is 306 g/mol. The molecule has 0 amide bonds. The summed E-state index contributed by atoms with van der Waals surface area (Å²) in [5.74, 6) is 1.13. The van der Waals surface area contributed by atoms with Gasteiger partial charge in [-0.1, -0.05) is 25.7 Å². The van der Waals surface area contributed by atoms with Crippen LogP contribution >= 0.6 is 0 Å². The summed E-state index contributed by atoms with van der Waals surface area (Å²) in [7, 11) is 4.21. The Labute approximate surface area is 136 Å². The molecule has 1 N–H and O–H groups in total. The van der Waals surface area contributed by atoms with Gasteiger partial charge >= 0.3 is 0 Å². The molecule has 0 aromatic carbocycles. The third-order valence-electron chi connectivity index (χ3n) is 6.31. The highest BCUT2D eigenvalue weighted by Crippen LogP contribution is 2.45. The summed E-state index contributed by atoms with van der Waals surface area (Å²) in [6, 6.07) is 0.817. The largest absolute Gasteiger partial charge is 0.355 e. The lowest BCUT2D eigenvalue weighted by Gasteiger charge is -2.27. The van der Waals surface area contributed by atoms with Crippen LogP contribution in [0.3, 0.4) is 0 Å². The van der Waals surface area contributed by atoms with Crippen molar-refractivity contribution in [2.45, 2.75) is 63.8 Å². The lowest BCUT2D eigenvalue weighted by atomic mass is 9.86. The Morgan fingerprint density at radius 2 is 1.91 bits per heavy atom. The third-order valence-corrected chi connectivity index (χ3v) is 6.31. The van der Waals surface area contributed by atoms with Gasteiger partial charge < -0.3 is 15.1 Å². The second-order valence-electron chi connectivity index (χ2n) is 7.77. The highest BCUT2D eigenvalue weighted by Gasteiger charge is 2.41. The fraction of sp³-hybridized carbons (Fsp3) is 0.944. The van der Waals surface area contributed by atoms with Gasteiger partial charge in [-0.05, 0) is 44.6 Å². The Kier molecular flexibility index (Phi) is 5.27. The first-order valence-corrected chi connectivity index (χ1v) is 9.38. The molecule has 126 valence electrons. The van der Waals surface area contributed by atoms with Gasteiger partial charge in [-0.2, -0.15) is 0 Å². The summed E-state index contributed by atoms with van der Waals surface area (Å²) < 4.78 is 0. The van der Waals surface area contributed by atoms with Crippen LogP contribution in [-0.2, 0) is 0 Å². The average Bonchev–Trinajstić information content (AvgIpc) is 3.27. The summed E-state index contributed by atoms with van der Waals surface area (Å²) in [6.07, 6.45) is 12.7. The minimum absolute atomic E-state index is 0.623. The molecule has 22 heavy (non-hydrogen) atoms. The summed E-state index contributed by atoms with van der Waals surface area (Å²) >= 11 is 0. The lowest BCUT2D eigenvalue weighted by molar-refractivity contribution is 0.248. The summed E-state index contributed by atoms with van der Waals surface area (Å²) in [5.41, 5.74) is 0.623. The molecule has 2 saturated carbocycles. The number of aliphatic imine (C=N–C) groups is 1. The van der Waals surface area contributed by atoms with Crippen molar-refractivity contribution in [1.29, 1.82) is 0 Å². The van der Waals surface area contributed by atoms with E-state index in [-0.39, 0.29) is 0 Å². The molecule has 3 rings (SSSR count). The molecule has 0 bridgehead atoms. The monoisotopic (exact) mass is 306 g/mol. The Morgan fingerprint density at radius 1 is 1.18 bits per heavy atom. The number of nitrogens with zero attached hydrogens (tertiary/aromatic N) is 3. The molecule has 1 heterocycles. The van der Waals surface area contributed by atoms with E-state index >= 15 is 0 Å². The zero-order chi connectivity index (χ0) is 15.4. The predicted octanol–water partition coefficient (Wildman–Crippen LogP) is 2.70. The molecule has 0 aromatic heterocycles. The van der Waals surface area contributed by atoms with Crippen molar-refractivity contribution >= 4 is 5.96 Å². The maximum Gasteiger partial charge on any atom is 0.193 e. The highest BCUT2D eigenvalue weighted by atomic mass is 15.3. The molecule has 1 aliphatic heterocycles. The molecular formula is C18H34N4. The highest BCUT2D eigenvalue weighted by molar-refractivity contribution is 5.80. The number of rotatable bonds is 4. The van der Waals surface area contributed by atoms with Gasteiger partial charge in [0, 0.05) is 39.3 Å². The number of nitrogens with one attached hydrogen (secondary N) is 1. The van der Waals surface area contributed by atoms with E-state index < -0.39 is 0 Å². The van der Waals surface area contributed by atoms with Crippen molar-refractivity contribution in [3.8, 4) is 0 Å². The van der Waals surface area contributed by atoms with Crippen LogP contribution in [0.4, 0.5) is 0 Å². The minimum Gasteiger partial charge on any atom is -0.355 e. The number of hydrogen-bond donors (Lipinski definition) is 1. The van der Waals surface area contributed by atoms with E-state index in [9.17, 15) is 0 Å². The third kappa shape index (κ3) is 3.58. The first-order chi connectivity index (χ1) is 10.7. The van der Waals surface area contributed by atoms with E-state index in [1.54, 1.807) is 0 Å². The smallest absolute Gasteiger partial charge is 0.193 e. The standard InChI is InChI=1S/C18H34N4/c1-19-17(20-12-14-21(2)16-7-3-4-8-16)22-13-11-18(15-22)9-5-6-10-18/h16H,3-15H2,1-2H3,(H,19,20). The Morgan fingerprint density at radius 3 is 2.59 bits per heavy atom. The summed E-state index contributed by atoms with van der Waals surface area (Å²) in [5, 5.41) is 3.61. The van der Waals surface area contributed by atoms with E-state index in [4.69, 9.17) is 0 Å². The molecule has 0 atom stereocenters. The number of guanidine groups is 1. The number of likely N-dealkylation sites (tertiary alicyclic amines) is 1. The zero-order valence-corrected chi connectivity index (χ0v) is 14.6. The quantitative estimate of drug-likeness (QED) is 0.640. The Hall–Kier alpha value is -0.770. The van der Waals surface area contributed by atoms with Crippen molar-refractivity contribution in [2.24, 2.45) is 10.4 Å². The van der Waals surface area contributed by atoms with Crippen LogP contribution in [0.25, 0.3) is 0 Å². The van der Waals surface area contributed by atoms with E-state index in [0.717, 1.165) is 25.1 Å². The van der Waals surface area contributed by atoms with Crippen LogP contribution in [0, 0.1) is 5.41 Å². The first-order valence-electron chi connectivity index (χ1n) is 9.38. The van der Waals surface area contributed by atoms with Crippen LogP contribution in [0.1, 0.15) is 57.8 Å². The maximum absolute atomic E-state index is 4.53. The zero-order valence-electron chi connectivity index (χ0n) is 14.6. The molecular weight excluding hydrogens is 272 g/mol. The molecule has 0 radical (unpaired) electrons. The van der Waals surface area contributed by atoms with Crippen molar-refractivity contribution in [1.82, 2.24) is 15.1 Å². The lowest BCUT2D eigenvalue weighted by Crippen LogP contribution is -2.44. The fourth-order valence-corrected chi connectivity index (χ4v) is 4.85. The van der Waals surface area contributed by atoms with Crippen LogP contribution in [0.2, 0.25) is 0 Å². The van der Waals surface area contributed by atoms with Crippen molar-refractivity contribution < 1.29 is 0 Å². The van der Waals surface area contributed by atoms with Gasteiger partial charge in [-0.3, -0.25) is 4.99 Å². The molecule has 4 heteroatoms. The van der Waals surface area contributed by atoms with Crippen LogP contribution in [0.15, 0.2) is 4.99 Å². The predicted molar refractivity (Wildman–Crippen MR) is 93.3 cm³/mol. The van der Waals surface area contributed by atoms with Crippen molar-refractivity contribution in [3.63, 3.8) is 0 Å². The van der Waals surface area contributed by atoms with Gasteiger partial charge in [0.1, 0.15) is 0 Å². The molecule has 1 saturated heterocycles. The molecule has 4 nitrogen and oxygen atoms in total. The van der Waals surface area contributed by atoms with Gasteiger partial charge in [0.05, 0.1) is 0 Å². The molecule has 3 aliphatic rings. The van der Waals surface area contributed by atoms with Gasteiger partial charge in [0.25, 0.3) is 0 Å². The van der Waals surface area contributed by atoms with E-state index in [1.807, 2.05) is 7.05 Å². The molecule has 3 fully saturated rings. The van der Waals surface area contributed by atoms with Gasteiger partial charge in [-0.15, -0.1) is 0 Å². The van der Waals surface area contributed by atoms with Crippen molar-refractivity contribution in [2.75, 3.05) is 40.3 Å². The van der Waals surface area contributed by atoms with Crippen molar-refractivity contribution in [3.05, 3.63) is 0 Å². The van der Waals surface area contributed by atoms with E-state index in [1.165, 1.54) is 70.9 Å². The number of likely N-dealkylation sites (N-methyl/N-ethyl adjacent to an activating group) is 1. The Balaban J connectivity index is 1.42. The first kappa shape index (κ1) is 16.1. The topological polar surface area (TPSA) is 30.9 Å². The second kappa shape index (κ2) is 7.20. The number of hydrogen-bond acceptors (Lipinski definition) is 2. The van der Waals surface area contributed by atoms with Crippen LogP contribution < -0.4 is 5.32 Å². The molecule has 2 aliphatic carbocycles. The van der Waals surface area contributed by atoms with E-state index in [2.05, 4.69) is 27.2 Å². The van der Waals surface area contributed by atoms with Crippen LogP contribution in [0.5, 0.6) is 0 Å². The minimum atomic E-state index is 0.623. The SMILES string of the molecule is CN=C(NCCN(C)C1CCCC1)N1CCC2(CCCC2)C1. The fourth-order valence-electron chi connectivity index (χ4n) is 4.85.